The molecule has 0 heterocycles. The number of carboxylic acids is 2. The summed E-state index contributed by atoms with van der Waals surface area (Å²) in [7, 11) is 0. The number of carboxylic acid groups (broad SMARTS) is 2. The highest BCUT2D eigenvalue weighted by Crippen LogP contribution is 2.16. The SMILES string of the molecule is O=C(O)c1ccccc1C(=O)OOC(CCCO)OC(=O)c1ccccc1C(=O)O. The van der Waals surface area contributed by atoms with Crippen LogP contribution in [-0.2, 0) is 14.5 Å². The molecule has 0 bridgehead atoms. The van der Waals surface area contributed by atoms with Crippen molar-refractivity contribution >= 4 is 23.9 Å². The first kappa shape index (κ1) is 22.5. The van der Waals surface area contributed by atoms with E-state index in [2.05, 4.69) is 4.89 Å². The standard InChI is InChI=1S/C20H18O10/c21-11-5-10-16(28-19(26)14-8-3-1-6-12(14)17(22)23)29-30-20(27)15-9-4-2-7-13(15)18(24)25/h1-4,6-9,16,21H,5,10-11H2,(H,22,23)(H,24,25). The van der Waals surface area contributed by atoms with Crippen LogP contribution in [0.15, 0.2) is 48.5 Å². The van der Waals surface area contributed by atoms with E-state index in [1.54, 1.807) is 0 Å². The minimum atomic E-state index is -1.47. The van der Waals surface area contributed by atoms with E-state index < -0.39 is 30.2 Å². The summed E-state index contributed by atoms with van der Waals surface area (Å²) >= 11 is 0. The van der Waals surface area contributed by atoms with Crippen LogP contribution in [0.2, 0.25) is 0 Å². The topological polar surface area (TPSA) is 157 Å². The van der Waals surface area contributed by atoms with Crippen LogP contribution in [0.5, 0.6) is 0 Å². The molecule has 0 aromatic heterocycles. The Morgan fingerprint density at radius 2 is 1.23 bits per heavy atom. The van der Waals surface area contributed by atoms with Crippen molar-refractivity contribution in [2.24, 2.45) is 0 Å². The molecule has 0 aliphatic carbocycles. The van der Waals surface area contributed by atoms with Gasteiger partial charge in [-0.2, -0.15) is 0 Å². The van der Waals surface area contributed by atoms with Crippen molar-refractivity contribution in [2.45, 2.75) is 19.1 Å². The molecule has 0 fully saturated rings. The number of rotatable bonds is 10. The van der Waals surface area contributed by atoms with Crippen molar-refractivity contribution in [1.82, 2.24) is 0 Å². The number of esters is 1. The number of aliphatic hydroxyl groups excluding tert-OH is 1. The summed E-state index contributed by atoms with van der Waals surface area (Å²) in [4.78, 5) is 56.4. The third-order valence-corrected chi connectivity index (χ3v) is 3.82. The van der Waals surface area contributed by atoms with Crippen molar-refractivity contribution in [3.63, 3.8) is 0 Å². The molecular formula is C20H18O10. The number of benzene rings is 2. The molecule has 0 spiro atoms. The van der Waals surface area contributed by atoms with Crippen molar-refractivity contribution in [3.05, 3.63) is 70.8 Å². The van der Waals surface area contributed by atoms with Crippen molar-refractivity contribution in [3.8, 4) is 0 Å². The van der Waals surface area contributed by atoms with E-state index in [-0.39, 0.29) is 41.7 Å². The van der Waals surface area contributed by atoms with E-state index in [1.165, 1.54) is 48.5 Å². The predicted octanol–water partition coefficient (Wildman–Crippen LogP) is 2.13. The molecule has 0 saturated carbocycles. The molecule has 2 aromatic rings. The number of carbonyl (C=O) groups excluding carboxylic acids is 2. The second-order valence-corrected chi connectivity index (χ2v) is 5.87. The summed E-state index contributed by atoms with van der Waals surface area (Å²) in [6.45, 7) is -0.279. The Bertz CT molecular complexity index is 937. The molecule has 10 heteroatoms. The first-order valence-corrected chi connectivity index (χ1v) is 8.69. The zero-order chi connectivity index (χ0) is 22.1. The van der Waals surface area contributed by atoms with Gasteiger partial charge in [0.15, 0.2) is 0 Å². The fourth-order valence-corrected chi connectivity index (χ4v) is 2.40. The lowest BCUT2D eigenvalue weighted by atomic mass is 10.1. The Morgan fingerprint density at radius 3 is 1.70 bits per heavy atom. The highest BCUT2D eigenvalue weighted by molar-refractivity contribution is 6.03. The Labute approximate surface area is 170 Å². The summed E-state index contributed by atoms with van der Waals surface area (Å²) in [5.41, 5.74) is -1.14. The Morgan fingerprint density at radius 1 is 0.767 bits per heavy atom. The number of aliphatic hydroxyl groups is 1. The maximum atomic E-state index is 12.4. The largest absolute Gasteiger partial charge is 0.478 e. The van der Waals surface area contributed by atoms with Gasteiger partial charge in [-0.3, -0.25) is 4.89 Å². The highest BCUT2D eigenvalue weighted by atomic mass is 17.2. The number of hydrogen-bond donors (Lipinski definition) is 3. The average molecular weight is 418 g/mol. The van der Waals surface area contributed by atoms with Crippen LogP contribution in [0.1, 0.15) is 54.3 Å². The lowest BCUT2D eigenvalue weighted by Gasteiger charge is -2.17. The quantitative estimate of drug-likeness (QED) is 0.226. The Hall–Kier alpha value is -3.76. The van der Waals surface area contributed by atoms with Crippen molar-refractivity contribution in [2.75, 3.05) is 6.61 Å². The third kappa shape index (κ3) is 5.87. The number of carbonyl (C=O) groups is 4. The fraction of sp³-hybridized carbons (Fsp3) is 0.200. The lowest BCUT2D eigenvalue weighted by Crippen LogP contribution is -2.25. The van der Waals surface area contributed by atoms with Crippen LogP contribution in [-0.4, -0.2) is 52.1 Å². The van der Waals surface area contributed by atoms with Crippen LogP contribution < -0.4 is 0 Å². The van der Waals surface area contributed by atoms with E-state index >= 15 is 0 Å². The van der Waals surface area contributed by atoms with Crippen LogP contribution in [0.4, 0.5) is 0 Å². The molecule has 1 unspecified atom stereocenters. The second kappa shape index (κ2) is 10.7. The molecule has 0 aliphatic heterocycles. The summed E-state index contributed by atoms with van der Waals surface area (Å²) in [6, 6.07) is 10.6. The minimum Gasteiger partial charge on any atom is -0.478 e. The van der Waals surface area contributed by atoms with E-state index in [0.717, 1.165) is 0 Å². The van der Waals surface area contributed by atoms with E-state index in [9.17, 15) is 24.3 Å². The van der Waals surface area contributed by atoms with Gasteiger partial charge in [0, 0.05) is 13.0 Å². The average Bonchev–Trinajstić information content (AvgIpc) is 2.75. The molecule has 2 aromatic carbocycles. The normalized spacial score (nSPS) is 11.4. The lowest BCUT2D eigenvalue weighted by molar-refractivity contribution is -0.327. The maximum absolute atomic E-state index is 12.4. The van der Waals surface area contributed by atoms with Crippen LogP contribution in [0.3, 0.4) is 0 Å². The Kier molecular flexibility index (Phi) is 8.03. The highest BCUT2D eigenvalue weighted by Gasteiger charge is 2.24. The molecule has 0 radical (unpaired) electrons. The van der Waals surface area contributed by atoms with Gasteiger partial charge >= 0.3 is 23.9 Å². The molecule has 2 rings (SSSR count). The van der Waals surface area contributed by atoms with Gasteiger partial charge in [-0.05, 0) is 30.7 Å². The molecule has 0 aliphatic rings. The van der Waals surface area contributed by atoms with Gasteiger partial charge in [-0.15, -0.1) is 4.89 Å². The number of aromatic carboxylic acids is 2. The summed E-state index contributed by atoms with van der Waals surface area (Å²) in [5.74, 6) is -4.87. The Balaban J connectivity index is 2.12. The number of hydrogen-bond acceptors (Lipinski definition) is 8. The molecule has 3 N–H and O–H groups in total. The smallest absolute Gasteiger partial charge is 0.374 e. The first-order valence-electron chi connectivity index (χ1n) is 8.69. The molecule has 10 nitrogen and oxygen atoms in total. The van der Waals surface area contributed by atoms with E-state index in [0.29, 0.717) is 0 Å². The first-order chi connectivity index (χ1) is 14.3. The molecular weight excluding hydrogens is 400 g/mol. The predicted molar refractivity (Wildman–Crippen MR) is 98.8 cm³/mol. The van der Waals surface area contributed by atoms with Gasteiger partial charge in [0.1, 0.15) is 0 Å². The molecule has 0 saturated heterocycles. The molecule has 158 valence electrons. The maximum Gasteiger partial charge on any atom is 0.374 e. The molecule has 1 atom stereocenters. The van der Waals surface area contributed by atoms with Crippen LogP contribution in [0.25, 0.3) is 0 Å². The van der Waals surface area contributed by atoms with E-state index in [1.807, 2.05) is 0 Å². The summed E-state index contributed by atoms with van der Waals surface area (Å²) in [5, 5.41) is 27.3. The summed E-state index contributed by atoms with van der Waals surface area (Å²) < 4.78 is 5.06. The molecule has 0 amide bonds. The zero-order valence-corrected chi connectivity index (χ0v) is 15.5. The van der Waals surface area contributed by atoms with Gasteiger partial charge in [-0.1, -0.05) is 24.3 Å². The van der Waals surface area contributed by atoms with Crippen molar-refractivity contribution < 1.29 is 49.0 Å². The van der Waals surface area contributed by atoms with Gasteiger partial charge in [0.2, 0.25) is 6.29 Å². The van der Waals surface area contributed by atoms with Crippen LogP contribution >= 0.6 is 0 Å². The zero-order valence-electron chi connectivity index (χ0n) is 15.5. The van der Waals surface area contributed by atoms with Crippen LogP contribution in [0, 0.1) is 0 Å². The van der Waals surface area contributed by atoms with Gasteiger partial charge < -0.3 is 20.1 Å². The second-order valence-electron chi connectivity index (χ2n) is 5.87. The fourth-order valence-electron chi connectivity index (χ4n) is 2.40. The number of ether oxygens (including phenoxy) is 1. The van der Waals surface area contributed by atoms with Gasteiger partial charge in [-0.25, -0.2) is 19.2 Å². The minimum absolute atomic E-state index is 0.0780. The monoisotopic (exact) mass is 418 g/mol. The summed E-state index contributed by atoms with van der Waals surface area (Å²) in [6.07, 6.45) is -1.43. The molecule has 30 heavy (non-hydrogen) atoms. The third-order valence-electron chi connectivity index (χ3n) is 3.82. The van der Waals surface area contributed by atoms with E-state index in [4.69, 9.17) is 19.8 Å². The van der Waals surface area contributed by atoms with Gasteiger partial charge in [0.05, 0.1) is 22.3 Å². The van der Waals surface area contributed by atoms with Gasteiger partial charge in [0.25, 0.3) is 0 Å². The van der Waals surface area contributed by atoms with Crippen molar-refractivity contribution in [1.29, 1.82) is 0 Å².